The van der Waals surface area contributed by atoms with Crippen LogP contribution in [0.15, 0.2) is 36.7 Å². The van der Waals surface area contributed by atoms with E-state index in [-0.39, 0.29) is 5.69 Å². The monoisotopic (exact) mass is 314 g/mol. The van der Waals surface area contributed by atoms with E-state index in [1.54, 1.807) is 12.3 Å². The van der Waals surface area contributed by atoms with E-state index >= 15 is 0 Å². The standard InChI is InChI=1S/C17H19FN4O/c1-12-4-3-7-22(11-12)16-10-19-15(9-20-16)17(23)21-14-6-2-5-13(18)8-14/h2,5-6,8-10,12H,3-4,7,11H2,1H3,(H,21,23). The number of aromatic nitrogens is 2. The second-order valence-electron chi connectivity index (χ2n) is 5.92. The zero-order valence-electron chi connectivity index (χ0n) is 13.0. The summed E-state index contributed by atoms with van der Waals surface area (Å²) in [6, 6.07) is 5.74. The SMILES string of the molecule is CC1CCCN(c2cnc(C(=O)Nc3cccc(F)c3)cn2)C1. The molecule has 0 radical (unpaired) electrons. The van der Waals surface area contributed by atoms with Crippen molar-refractivity contribution >= 4 is 17.4 Å². The molecule has 1 amide bonds. The van der Waals surface area contributed by atoms with Crippen molar-refractivity contribution in [2.45, 2.75) is 19.8 Å². The maximum atomic E-state index is 13.1. The van der Waals surface area contributed by atoms with Gasteiger partial charge in [0.25, 0.3) is 5.91 Å². The number of hydrogen-bond donors (Lipinski definition) is 1. The van der Waals surface area contributed by atoms with E-state index in [1.165, 1.54) is 30.8 Å². The Hall–Kier alpha value is -2.50. The first-order valence-electron chi connectivity index (χ1n) is 7.76. The summed E-state index contributed by atoms with van der Waals surface area (Å²) in [5, 5.41) is 2.61. The highest BCUT2D eigenvalue weighted by atomic mass is 19.1. The maximum absolute atomic E-state index is 13.1. The number of halogens is 1. The van der Waals surface area contributed by atoms with Gasteiger partial charge in [-0.2, -0.15) is 0 Å². The Kier molecular flexibility index (Phi) is 4.50. The van der Waals surface area contributed by atoms with Crippen molar-refractivity contribution < 1.29 is 9.18 Å². The van der Waals surface area contributed by atoms with E-state index in [9.17, 15) is 9.18 Å². The molecule has 1 atom stereocenters. The van der Waals surface area contributed by atoms with Gasteiger partial charge in [0.15, 0.2) is 0 Å². The van der Waals surface area contributed by atoms with Crippen LogP contribution in [0.5, 0.6) is 0 Å². The number of rotatable bonds is 3. The minimum atomic E-state index is -0.401. The van der Waals surface area contributed by atoms with Crippen molar-refractivity contribution in [3.05, 3.63) is 48.2 Å². The van der Waals surface area contributed by atoms with Gasteiger partial charge >= 0.3 is 0 Å². The van der Waals surface area contributed by atoms with Crippen molar-refractivity contribution in [2.75, 3.05) is 23.3 Å². The number of carbonyl (C=O) groups is 1. The molecule has 0 saturated carbocycles. The van der Waals surface area contributed by atoms with E-state index in [0.717, 1.165) is 25.3 Å². The average Bonchev–Trinajstić information content (AvgIpc) is 2.55. The number of carbonyl (C=O) groups excluding carboxylic acids is 1. The minimum absolute atomic E-state index is 0.211. The Balaban J connectivity index is 1.68. The van der Waals surface area contributed by atoms with Crippen molar-refractivity contribution in [3.63, 3.8) is 0 Å². The molecule has 1 N–H and O–H groups in total. The molecular formula is C17H19FN4O. The molecule has 3 rings (SSSR count). The summed E-state index contributed by atoms with van der Waals surface area (Å²) in [4.78, 5) is 22.8. The van der Waals surface area contributed by atoms with E-state index in [0.29, 0.717) is 11.6 Å². The Labute approximate surface area is 134 Å². The summed E-state index contributed by atoms with van der Waals surface area (Å²) < 4.78 is 13.1. The normalized spacial score (nSPS) is 17.8. The highest BCUT2D eigenvalue weighted by Crippen LogP contribution is 2.20. The highest BCUT2D eigenvalue weighted by Gasteiger charge is 2.18. The van der Waals surface area contributed by atoms with Crippen molar-refractivity contribution in [1.82, 2.24) is 9.97 Å². The highest BCUT2D eigenvalue weighted by molar-refractivity contribution is 6.02. The molecule has 23 heavy (non-hydrogen) atoms. The van der Waals surface area contributed by atoms with Gasteiger partial charge in [0, 0.05) is 18.8 Å². The summed E-state index contributed by atoms with van der Waals surface area (Å²) in [6.45, 7) is 4.15. The van der Waals surface area contributed by atoms with Gasteiger partial charge in [-0.1, -0.05) is 13.0 Å². The topological polar surface area (TPSA) is 58.1 Å². The third-order valence-corrected chi connectivity index (χ3v) is 3.93. The van der Waals surface area contributed by atoms with Gasteiger partial charge in [-0.25, -0.2) is 14.4 Å². The van der Waals surface area contributed by atoms with Crippen LogP contribution < -0.4 is 10.2 Å². The summed E-state index contributed by atoms with van der Waals surface area (Å²) in [6.07, 6.45) is 5.46. The first-order valence-corrected chi connectivity index (χ1v) is 7.76. The maximum Gasteiger partial charge on any atom is 0.275 e. The van der Waals surface area contributed by atoms with E-state index in [4.69, 9.17) is 0 Å². The lowest BCUT2D eigenvalue weighted by atomic mass is 10.0. The number of amides is 1. The molecule has 1 unspecified atom stereocenters. The van der Waals surface area contributed by atoms with Crippen LogP contribution in [0.3, 0.4) is 0 Å². The van der Waals surface area contributed by atoms with Crippen molar-refractivity contribution in [2.24, 2.45) is 5.92 Å². The number of benzene rings is 1. The summed E-state index contributed by atoms with van der Waals surface area (Å²) >= 11 is 0. The van der Waals surface area contributed by atoms with E-state index in [1.807, 2.05) is 0 Å². The number of nitrogens with one attached hydrogen (secondary N) is 1. The van der Waals surface area contributed by atoms with Crippen LogP contribution in [0.25, 0.3) is 0 Å². The van der Waals surface area contributed by atoms with Crippen LogP contribution in [-0.4, -0.2) is 29.0 Å². The van der Waals surface area contributed by atoms with Crippen molar-refractivity contribution in [3.8, 4) is 0 Å². The summed E-state index contributed by atoms with van der Waals surface area (Å²) in [5.41, 5.74) is 0.605. The van der Waals surface area contributed by atoms with E-state index < -0.39 is 11.7 Å². The first-order chi connectivity index (χ1) is 11.1. The van der Waals surface area contributed by atoms with Gasteiger partial charge < -0.3 is 10.2 Å². The third-order valence-electron chi connectivity index (χ3n) is 3.93. The number of piperidine rings is 1. The first kappa shape index (κ1) is 15.4. The Bertz CT molecular complexity index is 689. The molecule has 2 aromatic rings. The Morgan fingerprint density at radius 2 is 2.22 bits per heavy atom. The molecule has 5 nitrogen and oxygen atoms in total. The molecule has 120 valence electrons. The fraction of sp³-hybridized carbons (Fsp3) is 0.353. The third kappa shape index (κ3) is 3.83. The molecule has 0 aliphatic carbocycles. The van der Waals surface area contributed by atoms with Crippen LogP contribution in [0.1, 0.15) is 30.3 Å². The molecule has 1 aliphatic heterocycles. The predicted molar refractivity (Wildman–Crippen MR) is 87.0 cm³/mol. The lowest BCUT2D eigenvalue weighted by Gasteiger charge is -2.31. The Morgan fingerprint density at radius 1 is 1.35 bits per heavy atom. The molecule has 1 aromatic heterocycles. The second-order valence-corrected chi connectivity index (χ2v) is 5.92. The fourth-order valence-corrected chi connectivity index (χ4v) is 2.76. The molecule has 1 fully saturated rings. The smallest absolute Gasteiger partial charge is 0.275 e. The lowest BCUT2D eigenvalue weighted by molar-refractivity contribution is 0.102. The molecule has 2 heterocycles. The zero-order chi connectivity index (χ0) is 16.2. The van der Waals surface area contributed by atoms with Gasteiger partial charge in [0.05, 0.1) is 12.4 Å². The molecule has 0 bridgehead atoms. The lowest BCUT2D eigenvalue weighted by Crippen LogP contribution is -2.35. The van der Waals surface area contributed by atoms with Gasteiger partial charge in [-0.15, -0.1) is 0 Å². The van der Waals surface area contributed by atoms with Crippen LogP contribution >= 0.6 is 0 Å². The predicted octanol–water partition coefficient (Wildman–Crippen LogP) is 3.10. The second kappa shape index (κ2) is 6.73. The van der Waals surface area contributed by atoms with Gasteiger partial charge in [-0.3, -0.25) is 4.79 Å². The summed E-state index contributed by atoms with van der Waals surface area (Å²) in [7, 11) is 0. The molecule has 1 saturated heterocycles. The van der Waals surface area contributed by atoms with Crippen LogP contribution in [0.2, 0.25) is 0 Å². The van der Waals surface area contributed by atoms with Crippen LogP contribution in [0, 0.1) is 11.7 Å². The molecule has 6 heteroatoms. The van der Waals surface area contributed by atoms with Gasteiger partial charge in [0.2, 0.25) is 0 Å². The number of hydrogen-bond acceptors (Lipinski definition) is 4. The van der Waals surface area contributed by atoms with Crippen molar-refractivity contribution in [1.29, 1.82) is 0 Å². The molecule has 1 aliphatic rings. The Morgan fingerprint density at radius 3 is 2.91 bits per heavy atom. The van der Waals surface area contributed by atoms with Gasteiger partial charge in [-0.05, 0) is 37.0 Å². The fourth-order valence-electron chi connectivity index (χ4n) is 2.76. The molecular weight excluding hydrogens is 295 g/mol. The number of anilines is 2. The quantitative estimate of drug-likeness (QED) is 0.946. The number of nitrogens with zero attached hydrogens (tertiary/aromatic N) is 3. The summed E-state index contributed by atoms with van der Waals surface area (Å²) in [5.74, 6) is 0.630. The molecule has 1 aromatic carbocycles. The molecule has 0 spiro atoms. The van der Waals surface area contributed by atoms with Crippen LogP contribution in [-0.2, 0) is 0 Å². The largest absolute Gasteiger partial charge is 0.355 e. The van der Waals surface area contributed by atoms with Crippen LogP contribution in [0.4, 0.5) is 15.9 Å². The average molecular weight is 314 g/mol. The minimum Gasteiger partial charge on any atom is -0.355 e. The van der Waals surface area contributed by atoms with E-state index in [2.05, 4.69) is 27.1 Å². The van der Waals surface area contributed by atoms with Gasteiger partial charge in [0.1, 0.15) is 17.3 Å². The zero-order valence-corrected chi connectivity index (χ0v) is 13.0.